The minimum Gasteiger partial charge on any atom is -0.366 e. The van der Waals surface area contributed by atoms with Gasteiger partial charge in [-0.2, -0.15) is 4.98 Å². The Hall–Kier alpha value is -2.97. The number of aromatic nitrogens is 3. The lowest BCUT2D eigenvalue weighted by Crippen LogP contribution is -2.47. The number of carbonyl (C=O) groups excluding carboxylic acids is 1. The lowest BCUT2D eigenvalue weighted by atomic mass is 10.2. The van der Waals surface area contributed by atoms with Crippen molar-refractivity contribution in [1.29, 1.82) is 0 Å². The predicted octanol–water partition coefficient (Wildman–Crippen LogP) is 2.77. The fraction of sp³-hybridized carbons (Fsp3) is 0.300. The number of nitrogens with zero attached hydrogens (tertiary/aromatic N) is 5. The predicted molar refractivity (Wildman–Crippen MR) is 110 cm³/mol. The second-order valence-electron chi connectivity index (χ2n) is 6.91. The van der Waals surface area contributed by atoms with E-state index in [1.165, 1.54) is 6.20 Å². The normalized spacial score (nSPS) is 16.0. The molecule has 1 aliphatic heterocycles. The van der Waals surface area contributed by atoms with Crippen LogP contribution in [0.4, 0.5) is 5.82 Å². The van der Waals surface area contributed by atoms with Gasteiger partial charge in [-0.05, 0) is 13.0 Å². The fourth-order valence-electron chi connectivity index (χ4n) is 3.38. The molecule has 1 aliphatic rings. The van der Waals surface area contributed by atoms with Gasteiger partial charge < -0.3 is 15.2 Å². The maximum Gasteiger partial charge on any atom is 0.250 e. The van der Waals surface area contributed by atoms with E-state index in [0.717, 1.165) is 31.7 Å². The summed E-state index contributed by atoms with van der Waals surface area (Å²) in [6, 6.07) is 11.3. The summed E-state index contributed by atoms with van der Waals surface area (Å²) in [5.74, 6) is 1.31. The van der Waals surface area contributed by atoms with E-state index < -0.39 is 5.91 Å². The Morgan fingerprint density at radius 1 is 1.21 bits per heavy atom. The maximum absolute atomic E-state index is 11.3. The van der Waals surface area contributed by atoms with E-state index in [4.69, 9.17) is 21.9 Å². The first-order valence-corrected chi connectivity index (χ1v) is 9.74. The van der Waals surface area contributed by atoms with E-state index in [-0.39, 0.29) is 6.04 Å². The Kier molecular flexibility index (Phi) is 5.46. The van der Waals surface area contributed by atoms with Crippen molar-refractivity contribution in [2.75, 3.05) is 31.1 Å². The van der Waals surface area contributed by atoms with E-state index in [1.54, 1.807) is 6.07 Å². The van der Waals surface area contributed by atoms with Crippen molar-refractivity contribution in [3.05, 3.63) is 59.1 Å². The molecule has 1 atom stereocenters. The number of halogens is 1. The average molecular weight is 413 g/mol. The maximum atomic E-state index is 11.3. The number of piperazine rings is 1. The van der Waals surface area contributed by atoms with Crippen LogP contribution < -0.4 is 10.6 Å². The average Bonchev–Trinajstić information content (AvgIpc) is 3.24. The summed E-state index contributed by atoms with van der Waals surface area (Å²) in [4.78, 5) is 24.5. The molecular weight excluding hydrogens is 392 g/mol. The van der Waals surface area contributed by atoms with Crippen molar-refractivity contribution in [2.45, 2.75) is 13.0 Å². The van der Waals surface area contributed by atoms with E-state index in [0.29, 0.717) is 28.1 Å². The van der Waals surface area contributed by atoms with Gasteiger partial charge in [-0.25, -0.2) is 4.98 Å². The standard InChI is InChI=1S/C20H21ClN6O2/c1-13(20-24-18(25-29-20)14-5-3-2-4-6-14)26-7-9-27(10-8-26)19-16(21)11-15(12-23-19)17(22)28/h2-6,11-13H,7-10H2,1H3,(H2,22,28). The van der Waals surface area contributed by atoms with E-state index in [1.807, 2.05) is 30.3 Å². The Morgan fingerprint density at radius 2 is 1.93 bits per heavy atom. The highest BCUT2D eigenvalue weighted by molar-refractivity contribution is 6.33. The van der Waals surface area contributed by atoms with Gasteiger partial charge in [-0.15, -0.1) is 0 Å². The molecule has 0 aliphatic carbocycles. The van der Waals surface area contributed by atoms with Crippen LogP contribution in [-0.2, 0) is 0 Å². The molecule has 4 rings (SSSR count). The van der Waals surface area contributed by atoms with Gasteiger partial charge in [0.05, 0.1) is 16.6 Å². The Bertz CT molecular complexity index is 1000. The van der Waals surface area contributed by atoms with Crippen molar-refractivity contribution in [3.63, 3.8) is 0 Å². The van der Waals surface area contributed by atoms with Crippen molar-refractivity contribution in [1.82, 2.24) is 20.0 Å². The molecule has 3 heterocycles. The molecule has 8 nitrogen and oxygen atoms in total. The molecule has 150 valence electrons. The molecule has 0 radical (unpaired) electrons. The first-order valence-electron chi connectivity index (χ1n) is 9.36. The van der Waals surface area contributed by atoms with Crippen LogP contribution in [0.1, 0.15) is 29.2 Å². The number of benzene rings is 1. The number of hydrogen-bond acceptors (Lipinski definition) is 7. The second-order valence-corrected chi connectivity index (χ2v) is 7.32. The number of carbonyl (C=O) groups is 1. The third-order valence-electron chi connectivity index (χ3n) is 5.10. The van der Waals surface area contributed by atoms with Crippen molar-refractivity contribution in [3.8, 4) is 11.4 Å². The molecule has 1 aromatic carbocycles. The summed E-state index contributed by atoms with van der Waals surface area (Å²) in [7, 11) is 0. The largest absolute Gasteiger partial charge is 0.366 e. The lowest BCUT2D eigenvalue weighted by molar-refractivity contribution is 0.1000. The van der Waals surface area contributed by atoms with Gasteiger partial charge in [0, 0.05) is 37.9 Å². The molecule has 2 aromatic heterocycles. The highest BCUT2D eigenvalue weighted by Gasteiger charge is 2.27. The quantitative estimate of drug-likeness (QED) is 0.687. The van der Waals surface area contributed by atoms with Crippen LogP contribution in [0.5, 0.6) is 0 Å². The minimum atomic E-state index is -0.543. The first-order chi connectivity index (χ1) is 14.0. The van der Waals surface area contributed by atoms with Crippen LogP contribution in [0.2, 0.25) is 5.02 Å². The topological polar surface area (TPSA) is 101 Å². The zero-order chi connectivity index (χ0) is 20.4. The van der Waals surface area contributed by atoms with Gasteiger partial charge in [-0.3, -0.25) is 9.69 Å². The number of rotatable bonds is 5. The third-order valence-corrected chi connectivity index (χ3v) is 5.38. The van der Waals surface area contributed by atoms with E-state index in [9.17, 15) is 4.79 Å². The number of nitrogens with two attached hydrogens (primary N) is 1. The summed E-state index contributed by atoms with van der Waals surface area (Å²) < 4.78 is 5.51. The first kappa shape index (κ1) is 19.4. The van der Waals surface area contributed by atoms with Crippen LogP contribution in [0.15, 0.2) is 47.1 Å². The van der Waals surface area contributed by atoms with Crippen LogP contribution in [0.3, 0.4) is 0 Å². The monoisotopic (exact) mass is 412 g/mol. The second kappa shape index (κ2) is 8.18. The molecule has 0 saturated carbocycles. The summed E-state index contributed by atoms with van der Waals surface area (Å²) in [5, 5.41) is 4.53. The van der Waals surface area contributed by atoms with Gasteiger partial charge in [0.1, 0.15) is 5.82 Å². The van der Waals surface area contributed by atoms with Gasteiger partial charge in [0.15, 0.2) is 0 Å². The molecule has 1 fully saturated rings. The summed E-state index contributed by atoms with van der Waals surface area (Å²) >= 11 is 6.30. The SMILES string of the molecule is CC(c1nc(-c2ccccc2)no1)N1CCN(c2ncc(C(N)=O)cc2Cl)CC1. The zero-order valence-corrected chi connectivity index (χ0v) is 16.7. The number of pyridine rings is 1. The van der Waals surface area contributed by atoms with Crippen molar-refractivity contribution < 1.29 is 9.32 Å². The van der Waals surface area contributed by atoms with Crippen LogP contribution in [-0.4, -0.2) is 52.1 Å². The Balaban J connectivity index is 1.41. The van der Waals surface area contributed by atoms with Crippen molar-refractivity contribution in [2.24, 2.45) is 5.73 Å². The Morgan fingerprint density at radius 3 is 2.59 bits per heavy atom. The minimum absolute atomic E-state index is 0.00258. The molecule has 29 heavy (non-hydrogen) atoms. The fourth-order valence-corrected chi connectivity index (χ4v) is 3.67. The van der Waals surface area contributed by atoms with Crippen molar-refractivity contribution >= 4 is 23.3 Å². The van der Waals surface area contributed by atoms with E-state index in [2.05, 4.69) is 31.8 Å². The molecule has 1 saturated heterocycles. The van der Waals surface area contributed by atoms with Gasteiger partial charge >= 0.3 is 0 Å². The van der Waals surface area contributed by atoms with Gasteiger partial charge in [-0.1, -0.05) is 47.1 Å². The number of anilines is 1. The third kappa shape index (κ3) is 4.08. The Labute approximate surface area is 173 Å². The van der Waals surface area contributed by atoms with Crippen LogP contribution in [0.25, 0.3) is 11.4 Å². The molecule has 3 aromatic rings. The zero-order valence-electron chi connectivity index (χ0n) is 16.0. The number of amides is 1. The van der Waals surface area contributed by atoms with Crippen LogP contribution >= 0.6 is 11.6 Å². The van der Waals surface area contributed by atoms with Gasteiger partial charge in [0.25, 0.3) is 0 Å². The smallest absolute Gasteiger partial charge is 0.250 e. The molecular formula is C20H21ClN6O2. The highest BCUT2D eigenvalue weighted by atomic mass is 35.5. The molecule has 0 bridgehead atoms. The van der Waals surface area contributed by atoms with Crippen LogP contribution in [0, 0.1) is 0 Å². The number of primary amides is 1. The number of hydrogen-bond donors (Lipinski definition) is 1. The van der Waals surface area contributed by atoms with Gasteiger partial charge in [0.2, 0.25) is 17.6 Å². The molecule has 1 unspecified atom stereocenters. The molecule has 0 spiro atoms. The van der Waals surface area contributed by atoms with E-state index >= 15 is 0 Å². The molecule has 2 N–H and O–H groups in total. The summed E-state index contributed by atoms with van der Waals surface area (Å²) in [6.07, 6.45) is 1.46. The lowest BCUT2D eigenvalue weighted by Gasteiger charge is -2.37. The summed E-state index contributed by atoms with van der Waals surface area (Å²) in [6.45, 7) is 5.13. The summed E-state index contributed by atoms with van der Waals surface area (Å²) in [5.41, 5.74) is 6.51. The molecule has 1 amide bonds. The molecule has 9 heteroatoms. The highest BCUT2D eigenvalue weighted by Crippen LogP contribution is 2.28.